The van der Waals surface area contributed by atoms with E-state index in [1.54, 1.807) is 37.3 Å². The molecule has 1 unspecified atom stereocenters. The summed E-state index contributed by atoms with van der Waals surface area (Å²) in [6.45, 7) is 1.54. The Morgan fingerprint density at radius 3 is 2.00 bits per heavy atom. The first kappa shape index (κ1) is 21.5. The van der Waals surface area contributed by atoms with Gasteiger partial charge in [-0.15, -0.1) is 0 Å². The topological polar surface area (TPSA) is 107 Å². The fourth-order valence-corrected chi connectivity index (χ4v) is 4.07. The summed E-state index contributed by atoms with van der Waals surface area (Å²) in [5.41, 5.74) is 1.59. The number of carbonyl (C=O) groups excluding carboxylic acids is 3. The molecule has 162 valence electrons. The van der Waals surface area contributed by atoms with Crippen LogP contribution in [-0.2, 0) is 14.6 Å². The molecule has 0 aliphatic heterocycles. The first-order valence-electron chi connectivity index (χ1n) is 9.75. The van der Waals surface area contributed by atoms with Crippen molar-refractivity contribution >= 4 is 33.0 Å². The summed E-state index contributed by atoms with van der Waals surface area (Å²) in [4.78, 5) is 38.2. The number of ketones is 2. The lowest BCUT2D eigenvalue weighted by Gasteiger charge is -2.19. The van der Waals surface area contributed by atoms with Crippen LogP contribution in [0.3, 0.4) is 0 Å². The van der Waals surface area contributed by atoms with Crippen molar-refractivity contribution in [1.29, 1.82) is 0 Å². The Labute approximate surface area is 185 Å². The maximum atomic E-state index is 12.8. The Morgan fingerprint density at radius 1 is 0.844 bits per heavy atom. The van der Waals surface area contributed by atoms with E-state index < -0.39 is 21.8 Å². The van der Waals surface area contributed by atoms with E-state index in [1.807, 2.05) is 0 Å². The largest absolute Gasteiger partial charge is 0.481 e. The molecule has 7 nitrogen and oxygen atoms in total. The molecule has 3 aromatic carbocycles. The van der Waals surface area contributed by atoms with E-state index in [-0.39, 0.29) is 22.0 Å². The number of hydrogen-bond acceptors (Lipinski definition) is 6. The Kier molecular flexibility index (Phi) is 5.40. The Bertz CT molecular complexity index is 1360. The predicted molar refractivity (Wildman–Crippen MR) is 118 cm³/mol. The van der Waals surface area contributed by atoms with Gasteiger partial charge < -0.3 is 10.1 Å². The smallest absolute Gasteiger partial charge is 0.265 e. The number of fused-ring (bicyclic) bond motifs is 2. The first-order valence-corrected chi connectivity index (χ1v) is 11.6. The van der Waals surface area contributed by atoms with Crippen LogP contribution in [-0.4, -0.2) is 38.3 Å². The molecule has 3 aromatic rings. The van der Waals surface area contributed by atoms with E-state index >= 15 is 0 Å². The van der Waals surface area contributed by atoms with Crippen molar-refractivity contribution in [3.63, 3.8) is 0 Å². The van der Waals surface area contributed by atoms with Gasteiger partial charge in [-0.2, -0.15) is 0 Å². The average molecular weight is 449 g/mol. The van der Waals surface area contributed by atoms with Crippen LogP contribution < -0.4 is 10.1 Å². The minimum absolute atomic E-state index is 0.150. The molecule has 32 heavy (non-hydrogen) atoms. The maximum absolute atomic E-state index is 12.8. The second-order valence-corrected chi connectivity index (χ2v) is 9.47. The summed E-state index contributed by atoms with van der Waals surface area (Å²) >= 11 is 0. The summed E-state index contributed by atoms with van der Waals surface area (Å²) in [6.07, 6.45) is 0.210. The number of ether oxygens (including phenoxy) is 1. The molecule has 1 amide bonds. The molecule has 0 saturated carbocycles. The lowest BCUT2D eigenvalue weighted by Crippen LogP contribution is -2.30. The van der Waals surface area contributed by atoms with Gasteiger partial charge >= 0.3 is 0 Å². The lowest BCUT2D eigenvalue weighted by molar-refractivity contribution is -0.122. The highest BCUT2D eigenvalue weighted by Gasteiger charge is 2.29. The van der Waals surface area contributed by atoms with Crippen LogP contribution in [0.15, 0.2) is 71.6 Å². The molecule has 0 fully saturated rings. The van der Waals surface area contributed by atoms with Gasteiger partial charge in [0.15, 0.2) is 27.5 Å². The van der Waals surface area contributed by atoms with Crippen LogP contribution in [0.4, 0.5) is 5.69 Å². The highest BCUT2D eigenvalue weighted by atomic mass is 32.2. The average Bonchev–Trinajstić information content (AvgIpc) is 2.77. The molecule has 1 atom stereocenters. The Morgan fingerprint density at radius 2 is 1.41 bits per heavy atom. The number of sulfone groups is 1. The zero-order valence-corrected chi connectivity index (χ0v) is 18.1. The Hall–Kier alpha value is -3.78. The van der Waals surface area contributed by atoms with Crippen molar-refractivity contribution < 1.29 is 27.5 Å². The molecule has 0 saturated heterocycles. The van der Waals surface area contributed by atoms with Crippen molar-refractivity contribution in [1.82, 2.24) is 0 Å². The highest BCUT2D eigenvalue weighted by Crippen LogP contribution is 2.29. The van der Waals surface area contributed by atoms with Gasteiger partial charge in [0, 0.05) is 34.2 Å². The molecule has 1 N–H and O–H groups in total. The molecule has 8 heteroatoms. The van der Waals surface area contributed by atoms with E-state index in [2.05, 4.69) is 5.32 Å². The highest BCUT2D eigenvalue weighted by molar-refractivity contribution is 7.90. The number of rotatable bonds is 5. The lowest BCUT2D eigenvalue weighted by atomic mass is 9.84. The van der Waals surface area contributed by atoms with Crippen molar-refractivity contribution in [3.05, 3.63) is 89.0 Å². The molecule has 0 spiro atoms. The third-order valence-corrected chi connectivity index (χ3v) is 6.26. The van der Waals surface area contributed by atoms with Crippen LogP contribution >= 0.6 is 0 Å². The van der Waals surface area contributed by atoms with Crippen molar-refractivity contribution in [2.75, 3.05) is 11.6 Å². The minimum Gasteiger partial charge on any atom is -0.481 e. The van der Waals surface area contributed by atoms with Crippen LogP contribution in [0.5, 0.6) is 5.75 Å². The molecule has 4 rings (SSSR count). The van der Waals surface area contributed by atoms with Crippen LogP contribution in [0.2, 0.25) is 0 Å². The predicted octanol–water partition coefficient (Wildman–Crippen LogP) is 3.27. The van der Waals surface area contributed by atoms with Gasteiger partial charge in [-0.25, -0.2) is 8.42 Å². The van der Waals surface area contributed by atoms with Crippen LogP contribution in [0, 0.1) is 0 Å². The van der Waals surface area contributed by atoms with E-state index in [9.17, 15) is 22.8 Å². The van der Waals surface area contributed by atoms with E-state index in [0.717, 1.165) is 6.26 Å². The molecule has 0 bridgehead atoms. The quantitative estimate of drug-likeness (QED) is 0.501. The number of anilines is 1. The van der Waals surface area contributed by atoms with Crippen LogP contribution in [0.1, 0.15) is 38.8 Å². The summed E-state index contributed by atoms with van der Waals surface area (Å²) < 4.78 is 28.7. The molecule has 0 radical (unpaired) electrons. The minimum atomic E-state index is -3.33. The van der Waals surface area contributed by atoms with E-state index in [4.69, 9.17) is 4.74 Å². The van der Waals surface area contributed by atoms with Crippen molar-refractivity contribution in [2.45, 2.75) is 17.9 Å². The molecule has 0 heterocycles. The summed E-state index contributed by atoms with van der Waals surface area (Å²) in [6, 6.07) is 16.9. The number of nitrogens with one attached hydrogen (secondary N) is 1. The summed E-state index contributed by atoms with van der Waals surface area (Å²) in [7, 11) is -3.33. The number of benzene rings is 3. The third-order valence-electron chi connectivity index (χ3n) is 5.13. The zero-order chi connectivity index (χ0) is 23.0. The van der Waals surface area contributed by atoms with Crippen molar-refractivity contribution in [2.24, 2.45) is 0 Å². The van der Waals surface area contributed by atoms with Gasteiger partial charge in [0.2, 0.25) is 0 Å². The summed E-state index contributed by atoms with van der Waals surface area (Å²) in [5, 5.41) is 2.68. The SMILES string of the molecule is CC(Oc1ccc(S(C)(=O)=O)cc1)C(=O)Nc1ccc2c(c1)C(=O)c1ccccc1C2=O. The number of hydrogen-bond donors (Lipinski definition) is 1. The van der Waals surface area contributed by atoms with Crippen molar-refractivity contribution in [3.8, 4) is 5.75 Å². The number of amides is 1. The third kappa shape index (κ3) is 4.04. The fourth-order valence-electron chi connectivity index (χ4n) is 3.44. The van der Waals surface area contributed by atoms with Gasteiger partial charge in [-0.05, 0) is 49.4 Å². The van der Waals surface area contributed by atoms with Gasteiger partial charge in [0.1, 0.15) is 5.75 Å². The molecular formula is C24H19NO6S. The van der Waals surface area contributed by atoms with E-state index in [1.165, 1.54) is 36.4 Å². The van der Waals surface area contributed by atoms with E-state index in [0.29, 0.717) is 28.1 Å². The first-order chi connectivity index (χ1) is 15.1. The zero-order valence-electron chi connectivity index (χ0n) is 17.3. The van der Waals surface area contributed by atoms with Gasteiger partial charge in [-0.3, -0.25) is 14.4 Å². The fraction of sp³-hybridized carbons (Fsp3) is 0.125. The second-order valence-electron chi connectivity index (χ2n) is 7.46. The van der Waals surface area contributed by atoms with Crippen LogP contribution in [0.25, 0.3) is 0 Å². The molecule has 0 aromatic heterocycles. The molecular weight excluding hydrogens is 430 g/mol. The maximum Gasteiger partial charge on any atom is 0.265 e. The van der Waals surface area contributed by atoms with Gasteiger partial charge in [0.05, 0.1) is 4.90 Å². The normalized spacial score (nSPS) is 13.7. The monoisotopic (exact) mass is 449 g/mol. The summed E-state index contributed by atoms with van der Waals surface area (Å²) in [5.74, 6) is -0.640. The van der Waals surface area contributed by atoms with Gasteiger partial charge in [-0.1, -0.05) is 24.3 Å². The Balaban J connectivity index is 1.49. The standard InChI is InChI=1S/C24H19NO6S/c1-14(31-16-8-10-17(11-9-16)32(2,29)30)24(28)25-15-7-12-20-21(13-15)23(27)19-6-4-3-5-18(19)22(20)26/h3-14H,1-2H3,(H,25,28). The molecule has 1 aliphatic rings. The molecule has 1 aliphatic carbocycles. The van der Waals surface area contributed by atoms with Gasteiger partial charge in [0.25, 0.3) is 5.91 Å². The number of carbonyl (C=O) groups is 3. The second kappa shape index (κ2) is 8.05.